The monoisotopic (exact) mass is 219 g/mol. The number of alkyl halides is 1. The highest BCUT2D eigenvalue weighted by Gasteiger charge is 2.18. The van der Waals surface area contributed by atoms with Gasteiger partial charge in [0.05, 0.1) is 0 Å². The van der Waals surface area contributed by atoms with Crippen molar-refractivity contribution in [1.29, 1.82) is 0 Å². The van der Waals surface area contributed by atoms with Gasteiger partial charge in [-0.1, -0.05) is 11.8 Å². The molecular weight excluding hydrogens is 212 g/mol. The zero-order valence-corrected chi connectivity index (χ0v) is 7.72. The number of anilines is 1. The molecule has 1 rings (SSSR count). The van der Waals surface area contributed by atoms with Crippen LogP contribution in [0.1, 0.15) is 0 Å². The molecule has 76 valence electrons. The molecule has 0 saturated carbocycles. The zero-order valence-electron chi connectivity index (χ0n) is 6.91. The van der Waals surface area contributed by atoms with Crippen LogP contribution in [0.2, 0.25) is 0 Å². The summed E-state index contributed by atoms with van der Waals surface area (Å²) in [5.41, 5.74) is 3.40. The molecule has 0 aliphatic carbocycles. The van der Waals surface area contributed by atoms with Gasteiger partial charge in [0.25, 0.3) is 0 Å². The summed E-state index contributed by atoms with van der Waals surface area (Å²) >= 11 is 0.361. The summed E-state index contributed by atoms with van der Waals surface area (Å²) < 4.78 is 25.4. The van der Waals surface area contributed by atoms with E-state index < -0.39 is 17.3 Å². The number of halogens is 2. The average Bonchev–Trinajstić information content (AvgIpc) is 2.11. The molecule has 0 bridgehead atoms. The van der Waals surface area contributed by atoms with Crippen LogP contribution in [0.25, 0.3) is 0 Å². The van der Waals surface area contributed by atoms with Crippen molar-refractivity contribution in [2.45, 2.75) is 10.4 Å². The Hall–Kier alpha value is -1.30. The van der Waals surface area contributed by atoms with Gasteiger partial charge in [-0.25, -0.2) is 13.6 Å². The van der Waals surface area contributed by atoms with Crippen molar-refractivity contribution in [3.05, 3.63) is 24.0 Å². The Morgan fingerprint density at radius 1 is 1.57 bits per heavy atom. The number of aliphatic carboxylic acids is 1. The molecule has 6 heteroatoms. The maximum atomic E-state index is 12.7. The van der Waals surface area contributed by atoms with Gasteiger partial charge in [-0.2, -0.15) is 0 Å². The minimum absolute atomic E-state index is 0.0832. The van der Waals surface area contributed by atoms with Gasteiger partial charge in [-0.05, 0) is 18.2 Å². The number of nitrogen functional groups attached to an aromatic ring is 1. The number of hydrogen-bond donors (Lipinski definition) is 2. The molecule has 0 heterocycles. The molecule has 0 saturated heterocycles. The van der Waals surface area contributed by atoms with E-state index in [0.29, 0.717) is 11.8 Å². The maximum Gasteiger partial charge on any atom is 0.349 e. The third-order valence-electron chi connectivity index (χ3n) is 1.40. The van der Waals surface area contributed by atoms with Crippen LogP contribution < -0.4 is 5.73 Å². The number of thioether (sulfide) groups is 1. The van der Waals surface area contributed by atoms with E-state index >= 15 is 0 Å². The van der Waals surface area contributed by atoms with Gasteiger partial charge in [0.1, 0.15) is 5.82 Å². The Morgan fingerprint density at radius 2 is 2.21 bits per heavy atom. The summed E-state index contributed by atoms with van der Waals surface area (Å²) in [6.07, 6.45) is 0. The molecule has 0 amide bonds. The van der Waals surface area contributed by atoms with E-state index in [0.717, 1.165) is 12.1 Å². The van der Waals surface area contributed by atoms with E-state index in [9.17, 15) is 13.6 Å². The largest absolute Gasteiger partial charge is 0.478 e. The van der Waals surface area contributed by atoms with Crippen LogP contribution in [0.15, 0.2) is 23.1 Å². The van der Waals surface area contributed by atoms with Crippen LogP contribution in [0, 0.1) is 5.82 Å². The summed E-state index contributed by atoms with van der Waals surface area (Å²) in [6.45, 7) is 0. The van der Waals surface area contributed by atoms with Crippen LogP contribution in [-0.4, -0.2) is 16.6 Å². The predicted molar refractivity (Wildman–Crippen MR) is 49.2 cm³/mol. The van der Waals surface area contributed by atoms with E-state index in [-0.39, 0.29) is 10.6 Å². The molecule has 0 spiro atoms. The molecule has 1 aromatic rings. The zero-order chi connectivity index (χ0) is 10.7. The second-order valence-corrected chi connectivity index (χ2v) is 3.54. The minimum Gasteiger partial charge on any atom is -0.478 e. The Kier molecular flexibility index (Phi) is 3.29. The van der Waals surface area contributed by atoms with Gasteiger partial charge in [-0.3, -0.25) is 0 Å². The molecule has 1 unspecified atom stereocenters. The second kappa shape index (κ2) is 4.28. The van der Waals surface area contributed by atoms with Gasteiger partial charge in [0.2, 0.25) is 5.50 Å². The smallest absolute Gasteiger partial charge is 0.349 e. The summed E-state index contributed by atoms with van der Waals surface area (Å²) in [5.74, 6) is -2.20. The predicted octanol–water partition coefficient (Wildman–Crippen LogP) is 1.88. The van der Waals surface area contributed by atoms with Crippen LogP contribution in [0.4, 0.5) is 14.5 Å². The molecule has 1 aromatic carbocycles. The Bertz CT molecular complexity index is 359. The van der Waals surface area contributed by atoms with Gasteiger partial charge in [0, 0.05) is 10.6 Å². The molecule has 0 aliphatic rings. The highest BCUT2D eigenvalue weighted by Crippen LogP contribution is 2.30. The quantitative estimate of drug-likeness (QED) is 0.601. The highest BCUT2D eigenvalue weighted by molar-refractivity contribution is 8.00. The molecule has 0 fully saturated rings. The lowest BCUT2D eigenvalue weighted by Gasteiger charge is -2.05. The molecule has 3 N–H and O–H groups in total. The summed E-state index contributed by atoms with van der Waals surface area (Å²) in [7, 11) is 0. The third-order valence-corrected chi connectivity index (χ3v) is 2.42. The van der Waals surface area contributed by atoms with E-state index in [1.165, 1.54) is 6.07 Å². The molecule has 14 heavy (non-hydrogen) atoms. The van der Waals surface area contributed by atoms with Crippen molar-refractivity contribution >= 4 is 23.4 Å². The van der Waals surface area contributed by atoms with Crippen molar-refractivity contribution < 1.29 is 18.7 Å². The van der Waals surface area contributed by atoms with E-state index in [2.05, 4.69) is 0 Å². The van der Waals surface area contributed by atoms with Crippen molar-refractivity contribution in [2.24, 2.45) is 0 Å². The molecule has 0 aliphatic heterocycles. The SMILES string of the molecule is Nc1ccc(F)cc1SC(F)C(=O)O. The van der Waals surface area contributed by atoms with Crippen LogP contribution in [0.5, 0.6) is 0 Å². The second-order valence-electron chi connectivity index (χ2n) is 2.45. The number of carboxylic acids is 1. The fourth-order valence-corrected chi connectivity index (χ4v) is 1.48. The summed E-state index contributed by atoms with van der Waals surface area (Å²) in [6, 6.07) is 3.37. The van der Waals surface area contributed by atoms with Gasteiger partial charge < -0.3 is 10.8 Å². The first kappa shape index (κ1) is 10.8. The fraction of sp³-hybridized carbons (Fsp3) is 0.125. The summed E-state index contributed by atoms with van der Waals surface area (Å²) in [4.78, 5) is 10.3. The first-order valence-corrected chi connectivity index (χ1v) is 4.47. The Morgan fingerprint density at radius 3 is 2.79 bits per heavy atom. The van der Waals surface area contributed by atoms with Gasteiger partial charge in [0.15, 0.2) is 0 Å². The molecule has 3 nitrogen and oxygen atoms in total. The molecular formula is C8H7F2NO2S. The Labute approximate surface area is 82.9 Å². The molecule has 0 aromatic heterocycles. The van der Waals surface area contributed by atoms with E-state index in [1.54, 1.807) is 0 Å². The normalized spacial score (nSPS) is 12.4. The first-order chi connectivity index (χ1) is 6.50. The number of benzene rings is 1. The van der Waals surface area contributed by atoms with Crippen molar-refractivity contribution in [2.75, 3.05) is 5.73 Å². The standard InChI is InChI=1S/C8H7F2NO2S/c9-4-1-2-5(11)6(3-4)14-7(10)8(12)13/h1-3,7H,11H2,(H,12,13). The van der Waals surface area contributed by atoms with Crippen molar-refractivity contribution in [1.82, 2.24) is 0 Å². The van der Waals surface area contributed by atoms with Gasteiger partial charge in [-0.15, -0.1) is 0 Å². The van der Waals surface area contributed by atoms with Crippen molar-refractivity contribution in [3.8, 4) is 0 Å². The number of carbonyl (C=O) groups is 1. The lowest BCUT2D eigenvalue weighted by Crippen LogP contribution is -2.10. The van der Waals surface area contributed by atoms with E-state index in [4.69, 9.17) is 10.8 Å². The number of rotatable bonds is 3. The number of hydrogen-bond acceptors (Lipinski definition) is 3. The fourth-order valence-electron chi connectivity index (χ4n) is 0.772. The van der Waals surface area contributed by atoms with Crippen LogP contribution in [0.3, 0.4) is 0 Å². The van der Waals surface area contributed by atoms with E-state index in [1.807, 2.05) is 0 Å². The highest BCUT2D eigenvalue weighted by atomic mass is 32.2. The lowest BCUT2D eigenvalue weighted by atomic mass is 10.3. The first-order valence-electron chi connectivity index (χ1n) is 3.59. The molecule has 0 radical (unpaired) electrons. The number of carboxylic acid groups (broad SMARTS) is 1. The topological polar surface area (TPSA) is 63.3 Å². The number of nitrogens with two attached hydrogens (primary N) is 1. The van der Waals surface area contributed by atoms with Crippen LogP contribution in [-0.2, 0) is 4.79 Å². The maximum absolute atomic E-state index is 12.7. The van der Waals surface area contributed by atoms with Gasteiger partial charge >= 0.3 is 5.97 Å². The van der Waals surface area contributed by atoms with Crippen molar-refractivity contribution in [3.63, 3.8) is 0 Å². The minimum atomic E-state index is -2.14. The lowest BCUT2D eigenvalue weighted by molar-refractivity contribution is -0.139. The Balaban J connectivity index is 2.85. The summed E-state index contributed by atoms with van der Waals surface area (Å²) in [5, 5.41) is 8.27. The van der Waals surface area contributed by atoms with Crippen LogP contribution >= 0.6 is 11.8 Å². The average molecular weight is 219 g/mol. The molecule has 1 atom stereocenters. The third kappa shape index (κ3) is 2.59.